The molecule has 47 heavy (non-hydrogen) atoms. The van der Waals surface area contributed by atoms with Crippen LogP contribution in [0.4, 0.5) is 18.9 Å². The van der Waals surface area contributed by atoms with Crippen LogP contribution in [0.25, 0.3) is 0 Å². The fourth-order valence-corrected chi connectivity index (χ4v) is 6.71. The molecule has 0 saturated carbocycles. The zero-order chi connectivity index (χ0) is 35.1. The molecule has 0 spiro atoms. The summed E-state index contributed by atoms with van der Waals surface area (Å²) >= 11 is 0. The van der Waals surface area contributed by atoms with Gasteiger partial charge in [0.05, 0.1) is 36.8 Å². The Morgan fingerprint density at radius 1 is 1.23 bits per heavy atom. The van der Waals surface area contributed by atoms with E-state index in [0.717, 1.165) is 0 Å². The van der Waals surface area contributed by atoms with Crippen LogP contribution in [0.3, 0.4) is 0 Å². The summed E-state index contributed by atoms with van der Waals surface area (Å²) < 4.78 is 84.5. The normalized spacial score (nSPS) is 20.9. The molecule has 12 nitrogen and oxygen atoms in total. The van der Waals surface area contributed by atoms with Gasteiger partial charge in [-0.05, 0) is 65.2 Å². The average molecular weight is 691 g/mol. The van der Waals surface area contributed by atoms with Crippen LogP contribution in [-0.2, 0) is 19.6 Å². The van der Waals surface area contributed by atoms with Crippen molar-refractivity contribution in [3.05, 3.63) is 35.2 Å². The standard InChI is InChI=1S/C31H45F3N4O8S/c1-19-16-38(20(2)18-39)30(41)25-15-24(36-47(42,43)29-22(4)35-46-23(29)5)10-11-26(25)45-21(3)9-7-8-14-44-27(19)17-37(6)28(40)12-13-31(32,33)34/h10-11,15,19-21,27,36,39H,7-9,12-14,16-18H2,1-6H3/t19-,20-,21-,27-/m0/s1. The van der Waals surface area contributed by atoms with Crippen molar-refractivity contribution in [3.8, 4) is 5.75 Å². The lowest BCUT2D eigenvalue weighted by Gasteiger charge is -2.36. The maximum atomic E-state index is 14.3. The molecule has 0 aliphatic carbocycles. The minimum absolute atomic E-state index is 0.00285. The number of aliphatic hydroxyl groups excluding tert-OH is 1. The molecule has 2 amide bonds. The van der Waals surface area contributed by atoms with Crippen LogP contribution in [0.2, 0.25) is 0 Å². The van der Waals surface area contributed by atoms with Gasteiger partial charge in [-0.2, -0.15) is 13.2 Å². The van der Waals surface area contributed by atoms with Gasteiger partial charge in [-0.25, -0.2) is 8.42 Å². The van der Waals surface area contributed by atoms with Crippen LogP contribution in [0, 0.1) is 19.8 Å². The highest BCUT2D eigenvalue weighted by atomic mass is 32.2. The van der Waals surface area contributed by atoms with Crippen molar-refractivity contribution in [1.29, 1.82) is 0 Å². The van der Waals surface area contributed by atoms with Crippen molar-refractivity contribution in [3.63, 3.8) is 0 Å². The summed E-state index contributed by atoms with van der Waals surface area (Å²) in [5, 5.41) is 13.8. The van der Waals surface area contributed by atoms with E-state index in [9.17, 15) is 36.3 Å². The van der Waals surface area contributed by atoms with Crippen molar-refractivity contribution in [2.45, 2.75) is 96.0 Å². The maximum absolute atomic E-state index is 14.3. The SMILES string of the molecule is Cc1noc(C)c1S(=O)(=O)Nc1ccc2c(c1)C(=O)N([C@@H](C)CO)C[C@H](C)[C@H](CN(C)C(=O)CCC(F)(F)F)OCCCC[C@H](C)O2. The zero-order valence-corrected chi connectivity index (χ0v) is 28.4. The summed E-state index contributed by atoms with van der Waals surface area (Å²) in [6.07, 6.45) is -5.40. The van der Waals surface area contributed by atoms with Crippen LogP contribution >= 0.6 is 0 Å². The molecule has 2 heterocycles. The van der Waals surface area contributed by atoms with E-state index in [1.54, 1.807) is 13.8 Å². The number of nitrogens with one attached hydrogen (secondary N) is 1. The molecule has 16 heteroatoms. The molecular formula is C31H45F3N4O8S. The molecule has 2 aromatic rings. The number of aromatic nitrogens is 1. The summed E-state index contributed by atoms with van der Waals surface area (Å²) in [7, 11) is -2.72. The first kappa shape index (κ1) is 38.1. The Morgan fingerprint density at radius 3 is 2.55 bits per heavy atom. The highest BCUT2D eigenvalue weighted by Gasteiger charge is 2.33. The van der Waals surface area contributed by atoms with E-state index in [0.29, 0.717) is 25.9 Å². The predicted octanol–water partition coefficient (Wildman–Crippen LogP) is 4.69. The Kier molecular flexibility index (Phi) is 13.1. The highest BCUT2D eigenvalue weighted by molar-refractivity contribution is 7.92. The summed E-state index contributed by atoms with van der Waals surface area (Å²) in [6.45, 7) is 8.21. The fourth-order valence-electron chi connectivity index (χ4n) is 5.32. The minimum atomic E-state index is -4.46. The monoisotopic (exact) mass is 690 g/mol. The molecule has 1 aliphatic heterocycles. The molecule has 0 unspecified atom stereocenters. The van der Waals surface area contributed by atoms with Gasteiger partial charge in [0.15, 0.2) is 10.7 Å². The smallest absolute Gasteiger partial charge is 0.389 e. The molecular weight excluding hydrogens is 645 g/mol. The Hall–Kier alpha value is -3.37. The topological polar surface area (TPSA) is 152 Å². The van der Waals surface area contributed by atoms with E-state index in [1.165, 1.54) is 48.9 Å². The van der Waals surface area contributed by atoms with Crippen LogP contribution in [0.1, 0.15) is 74.7 Å². The van der Waals surface area contributed by atoms with E-state index in [4.69, 9.17) is 14.0 Å². The van der Waals surface area contributed by atoms with Gasteiger partial charge in [-0.3, -0.25) is 14.3 Å². The molecule has 1 aliphatic rings. The third-order valence-electron chi connectivity index (χ3n) is 8.04. The molecule has 0 bridgehead atoms. The van der Waals surface area contributed by atoms with Crippen molar-refractivity contribution >= 4 is 27.5 Å². The second-order valence-corrected chi connectivity index (χ2v) is 13.8. The van der Waals surface area contributed by atoms with Gasteiger partial charge < -0.3 is 28.9 Å². The summed E-state index contributed by atoms with van der Waals surface area (Å²) in [5.74, 6) is -1.34. The first-order valence-corrected chi connectivity index (χ1v) is 17.0. The molecule has 0 saturated heterocycles. The second kappa shape index (κ2) is 16.2. The van der Waals surface area contributed by atoms with E-state index < -0.39 is 65.5 Å². The van der Waals surface area contributed by atoms with Gasteiger partial charge in [0.2, 0.25) is 5.91 Å². The van der Waals surface area contributed by atoms with E-state index in [2.05, 4.69) is 9.88 Å². The van der Waals surface area contributed by atoms with Crippen LogP contribution in [0.15, 0.2) is 27.6 Å². The minimum Gasteiger partial charge on any atom is -0.490 e. The van der Waals surface area contributed by atoms with Gasteiger partial charge in [0.25, 0.3) is 15.9 Å². The number of likely N-dealkylation sites (N-methyl/N-ethyl adjacent to an activating group) is 1. The number of aliphatic hydroxyl groups is 1. The summed E-state index contributed by atoms with van der Waals surface area (Å²) in [6, 6.07) is 3.67. The zero-order valence-electron chi connectivity index (χ0n) is 27.6. The quantitative estimate of drug-likeness (QED) is 0.382. The Bertz CT molecular complexity index is 1460. The molecule has 1 aromatic heterocycles. The van der Waals surface area contributed by atoms with Gasteiger partial charge in [-0.15, -0.1) is 0 Å². The number of halogens is 3. The Balaban J connectivity index is 1.97. The van der Waals surface area contributed by atoms with Crippen molar-refractivity contribution in [2.24, 2.45) is 5.92 Å². The van der Waals surface area contributed by atoms with Crippen LogP contribution in [-0.4, -0.2) is 98.1 Å². The molecule has 0 fully saturated rings. The fraction of sp³-hybridized carbons (Fsp3) is 0.645. The van der Waals surface area contributed by atoms with Crippen LogP contribution in [0.5, 0.6) is 5.75 Å². The first-order valence-electron chi connectivity index (χ1n) is 15.5. The van der Waals surface area contributed by atoms with Gasteiger partial charge >= 0.3 is 6.18 Å². The number of ether oxygens (including phenoxy) is 2. The average Bonchev–Trinajstić information content (AvgIpc) is 3.34. The largest absolute Gasteiger partial charge is 0.490 e. The van der Waals surface area contributed by atoms with E-state index in [1.807, 2.05) is 6.92 Å². The molecule has 3 rings (SSSR count). The lowest BCUT2D eigenvalue weighted by Crippen LogP contribution is -2.48. The summed E-state index contributed by atoms with van der Waals surface area (Å²) in [4.78, 5) is 29.3. The first-order chi connectivity index (χ1) is 21.9. The molecule has 264 valence electrons. The molecule has 4 atom stereocenters. The number of alkyl halides is 3. The van der Waals surface area contributed by atoms with E-state index in [-0.39, 0.29) is 52.5 Å². The number of benzene rings is 1. The number of aryl methyl sites for hydroxylation is 2. The molecule has 1 aromatic carbocycles. The number of sulfonamides is 1. The lowest BCUT2D eigenvalue weighted by molar-refractivity contribution is -0.149. The number of anilines is 1. The highest BCUT2D eigenvalue weighted by Crippen LogP contribution is 2.30. The van der Waals surface area contributed by atoms with Crippen LogP contribution < -0.4 is 9.46 Å². The number of hydrogen-bond donors (Lipinski definition) is 2. The van der Waals surface area contributed by atoms with E-state index >= 15 is 0 Å². The number of hydrogen-bond acceptors (Lipinski definition) is 9. The second-order valence-electron chi connectivity index (χ2n) is 12.2. The number of nitrogens with zero attached hydrogens (tertiary/aromatic N) is 3. The number of rotatable bonds is 9. The molecule has 0 radical (unpaired) electrons. The maximum Gasteiger partial charge on any atom is 0.389 e. The Morgan fingerprint density at radius 2 is 1.94 bits per heavy atom. The predicted molar refractivity (Wildman–Crippen MR) is 167 cm³/mol. The number of carbonyl (C=O) groups is 2. The van der Waals surface area contributed by atoms with Crippen molar-refractivity contribution in [1.82, 2.24) is 15.0 Å². The van der Waals surface area contributed by atoms with Crippen molar-refractivity contribution < 1.29 is 50.3 Å². The third kappa shape index (κ3) is 10.6. The van der Waals surface area contributed by atoms with Gasteiger partial charge in [-0.1, -0.05) is 12.1 Å². The molecule has 2 N–H and O–H groups in total. The van der Waals surface area contributed by atoms with Gasteiger partial charge in [0, 0.05) is 44.8 Å². The van der Waals surface area contributed by atoms with Gasteiger partial charge in [0.1, 0.15) is 11.4 Å². The van der Waals surface area contributed by atoms with Crippen molar-refractivity contribution in [2.75, 3.05) is 38.1 Å². The number of fused-ring (bicyclic) bond motifs is 1. The number of amides is 2. The summed E-state index contributed by atoms with van der Waals surface area (Å²) in [5.41, 5.74) is 0.305. The third-order valence-corrected chi connectivity index (χ3v) is 9.67. The number of carbonyl (C=O) groups excluding carboxylic acids is 2. The lowest BCUT2D eigenvalue weighted by atomic mass is 10.0. The Labute approximate surface area is 273 Å².